The van der Waals surface area contributed by atoms with Crippen LogP contribution in [0.3, 0.4) is 0 Å². The number of carbonyl (C=O) groups is 3. The van der Waals surface area contributed by atoms with Crippen LogP contribution < -0.4 is 5.32 Å². The second-order valence-corrected chi connectivity index (χ2v) is 12.8. The van der Waals surface area contributed by atoms with Crippen LogP contribution in [0.15, 0.2) is 48.5 Å². The van der Waals surface area contributed by atoms with Crippen LogP contribution in [-0.4, -0.2) is 27.7 Å². The number of halogens is 11. The highest BCUT2D eigenvalue weighted by Crippen LogP contribution is 2.65. The lowest BCUT2D eigenvalue weighted by Crippen LogP contribution is -2.18. The standard InChI is InChI=1S/C31H22Cl3F8NO3/c1-29(38,39)9-8-17(44)13-19-22(35)6-3-15(27(19)37)11-24(45)18-12-16(4-5-21(18)32)43-28(46)26-25(30(26,33)34)14-2-7-23(36)20(10-14)31(40,41)42/h2-7,10,12,25-26H,8-9,11,13H2,1H3,(H,43,46)/t25-,26+/m0/s1. The van der Waals surface area contributed by atoms with E-state index in [0.717, 1.165) is 24.3 Å². The molecule has 0 aliphatic heterocycles. The summed E-state index contributed by atoms with van der Waals surface area (Å²) in [6, 6.07) is 7.60. The minimum Gasteiger partial charge on any atom is -0.326 e. The molecule has 4 rings (SSSR count). The van der Waals surface area contributed by atoms with E-state index in [1.54, 1.807) is 0 Å². The van der Waals surface area contributed by atoms with Crippen LogP contribution in [0.5, 0.6) is 0 Å². The number of anilines is 1. The van der Waals surface area contributed by atoms with Gasteiger partial charge in [0.1, 0.15) is 27.6 Å². The van der Waals surface area contributed by atoms with Crippen molar-refractivity contribution in [1.29, 1.82) is 0 Å². The van der Waals surface area contributed by atoms with E-state index < -0.39 is 100 Å². The van der Waals surface area contributed by atoms with Gasteiger partial charge in [-0.3, -0.25) is 14.4 Å². The first-order valence-corrected chi connectivity index (χ1v) is 14.6. The second kappa shape index (κ2) is 13.1. The number of alkyl halides is 7. The molecular weight excluding hydrogens is 693 g/mol. The summed E-state index contributed by atoms with van der Waals surface area (Å²) < 4.78 is 107. The van der Waals surface area contributed by atoms with E-state index in [-0.39, 0.29) is 27.4 Å². The van der Waals surface area contributed by atoms with Crippen molar-refractivity contribution in [1.82, 2.24) is 0 Å². The van der Waals surface area contributed by atoms with E-state index in [1.165, 1.54) is 12.1 Å². The van der Waals surface area contributed by atoms with E-state index in [1.807, 2.05) is 0 Å². The molecule has 1 aliphatic rings. The minimum atomic E-state index is -5.01. The highest BCUT2D eigenvalue weighted by Gasteiger charge is 2.67. The first-order valence-electron chi connectivity index (χ1n) is 13.4. The molecule has 2 atom stereocenters. The summed E-state index contributed by atoms with van der Waals surface area (Å²) in [4.78, 5) is 38.2. The molecule has 1 fully saturated rings. The molecule has 1 N–H and O–H groups in total. The third kappa shape index (κ3) is 8.01. The van der Waals surface area contributed by atoms with E-state index in [9.17, 15) is 45.1 Å². The minimum absolute atomic E-state index is 0.0128. The Morgan fingerprint density at radius 2 is 1.54 bits per heavy atom. The summed E-state index contributed by atoms with van der Waals surface area (Å²) in [6.45, 7) is 0.606. The van der Waals surface area contributed by atoms with Crippen molar-refractivity contribution in [3.05, 3.63) is 98.8 Å². The molecule has 246 valence electrons. The van der Waals surface area contributed by atoms with Crippen LogP contribution in [-0.2, 0) is 28.6 Å². The van der Waals surface area contributed by atoms with E-state index in [4.69, 9.17) is 34.8 Å². The number of amides is 1. The Hall–Kier alpha value is -3.22. The molecule has 0 spiro atoms. The average molecular weight is 715 g/mol. The fourth-order valence-corrected chi connectivity index (χ4v) is 5.97. The number of nitrogens with one attached hydrogen (secondary N) is 1. The Kier molecular flexibility index (Phi) is 10.2. The zero-order valence-electron chi connectivity index (χ0n) is 23.5. The Balaban J connectivity index is 1.49. The van der Waals surface area contributed by atoms with Gasteiger partial charge in [0.15, 0.2) is 5.78 Å². The van der Waals surface area contributed by atoms with Gasteiger partial charge in [-0.25, -0.2) is 22.0 Å². The fourth-order valence-electron chi connectivity index (χ4n) is 4.92. The van der Waals surface area contributed by atoms with Crippen molar-refractivity contribution in [2.75, 3.05) is 5.32 Å². The second-order valence-electron chi connectivity index (χ2n) is 10.9. The summed E-state index contributed by atoms with van der Waals surface area (Å²) in [7, 11) is 0. The molecule has 3 aromatic carbocycles. The SMILES string of the molecule is CC(F)(F)CCC(=O)Cc1c(F)ccc(CC(=O)c2cc(NC(=O)[C@H]3[C@H](c4ccc(F)c(C(F)(F)F)c4)C3(Cl)Cl)ccc2Cl)c1F. The Morgan fingerprint density at radius 3 is 2.17 bits per heavy atom. The van der Waals surface area contributed by atoms with Crippen LogP contribution in [0.4, 0.5) is 40.8 Å². The number of hydrogen-bond acceptors (Lipinski definition) is 3. The maximum atomic E-state index is 15.2. The number of ketones is 2. The van der Waals surface area contributed by atoms with Gasteiger partial charge in [-0.15, -0.1) is 23.2 Å². The quantitative estimate of drug-likeness (QED) is 0.122. The largest absolute Gasteiger partial charge is 0.419 e. The molecule has 1 saturated carbocycles. The normalized spacial score (nSPS) is 17.5. The smallest absolute Gasteiger partial charge is 0.326 e. The van der Waals surface area contributed by atoms with Gasteiger partial charge < -0.3 is 5.32 Å². The van der Waals surface area contributed by atoms with Gasteiger partial charge in [-0.05, 0) is 54.4 Å². The Bertz CT molecular complexity index is 1710. The molecule has 4 nitrogen and oxygen atoms in total. The zero-order chi connectivity index (χ0) is 34.4. The molecule has 15 heteroatoms. The van der Waals surface area contributed by atoms with Gasteiger partial charge in [0, 0.05) is 48.4 Å². The van der Waals surface area contributed by atoms with Crippen molar-refractivity contribution in [3.63, 3.8) is 0 Å². The molecular formula is C31H22Cl3F8NO3. The molecule has 3 aromatic rings. The molecule has 0 saturated heterocycles. The third-order valence-electron chi connectivity index (χ3n) is 7.36. The molecule has 0 bridgehead atoms. The summed E-state index contributed by atoms with van der Waals surface area (Å²) in [5.41, 5.74) is -2.89. The molecule has 1 amide bonds. The predicted octanol–water partition coefficient (Wildman–Crippen LogP) is 9.27. The van der Waals surface area contributed by atoms with E-state index in [0.29, 0.717) is 19.1 Å². The van der Waals surface area contributed by atoms with Crippen LogP contribution in [0.1, 0.15) is 58.3 Å². The lowest BCUT2D eigenvalue weighted by molar-refractivity contribution is -0.140. The maximum absolute atomic E-state index is 15.2. The number of carbonyl (C=O) groups excluding carboxylic acids is 3. The van der Waals surface area contributed by atoms with Gasteiger partial charge in [0.2, 0.25) is 11.8 Å². The molecule has 0 radical (unpaired) electrons. The van der Waals surface area contributed by atoms with Crippen molar-refractivity contribution >= 4 is 58.0 Å². The summed E-state index contributed by atoms with van der Waals surface area (Å²) in [6.07, 6.45) is -7.90. The zero-order valence-corrected chi connectivity index (χ0v) is 25.8. The van der Waals surface area contributed by atoms with Crippen molar-refractivity contribution < 1.29 is 49.5 Å². The van der Waals surface area contributed by atoms with E-state index in [2.05, 4.69) is 5.32 Å². The molecule has 1 aliphatic carbocycles. The molecule has 0 heterocycles. The van der Waals surface area contributed by atoms with Gasteiger partial charge in [-0.2, -0.15) is 13.2 Å². The lowest BCUT2D eigenvalue weighted by atomic mass is 9.97. The first kappa shape index (κ1) is 35.6. The maximum Gasteiger partial charge on any atom is 0.419 e. The van der Waals surface area contributed by atoms with Crippen LogP contribution in [0.2, 0.25) is 5.02 Å². The van der Waals surface area contributed by atoms with Crippen molar-refractivity contribution in [2.45, 2.75) is 55.0 Å². The van der Waals surface area contributed by atoms with Crippen LogP contribution >= 0.6 is 34.8 Å². The molecule has 46 heavy (non-hydrogen) atoms. The topological polar surface area (TPSA) is 63.2 Å². The van der Waals surface area contributed by atoms with Crippen molar-refractivity contribution in [2.24, 2.45) is 5.92 Å². The Labute approximate surface area is 272 Å². The van der Waals surface area contributed by atoms with Crippen LogP contribution in [0.25, 0.3) is 0 Å². The monoisotopic (exact) mass is 713 g/mol. The molecule has 0 aromatic heterocycles. The van der Waals surface area contributed by atoms with Crippen molar-refractivity contribution in [3.8, 4) is 0 Å². The number of rotatable bonds is 11. The third-order valence-corrected chi connectivity index (χ3v) is 8.63. The highest BCUT2D eigenvalue weighted by atomic mass is 35.5. The molecule has 0 unspecified atom stereocenters. The number of benzene rings is 3. The van der Waals surface area contributed by atoms with E-state index >= 15 is 4.39 Å². The summed E-state index contributed by atoms with van der Waals surface area (Å²) in [5, 5.41) is 2.33. The summed E-state index contributed by atoms with van der Waals surface area (Å²) >= 11 is 18.6. The average Bonchev–Trinajstić information content (AvgIpc) is 3.53. The predicted molar refractivity (Wildman–Crippen MR) is 155 cm³/mol. The highest BCUT2D eigenvalue weighted by molar-refractivity contribution is 6.53. The Morgan fingerprint density at radius 1 is 0.891 bits per heavy atom. The van der Waals surface area contributed by atoms with Gasteiger partial charge in [0.05, 0.1) is 16.5 Å². The van der Waals surface area contributed by atoms with Crippen LogP contribution in [0, 0.1) is 23.4 Å². The first-order chi connectivity index (χ1) is 21.2. The number of Topliss-reactive ketones (excluding diaryl/α,β-unsaturated/α-hetero) is 2. The number of hydrogen-bond donors (Lipinski definition) is 1. The van der Waals surface area contributed by atoms with Gasteiger partial charge in [0.25, 0.3) is 0 Å². The van der Waals surface area contributed by atoms with Gasteiger partial charge >= 0.3 is 6.18 Å². The fraction of sp³-hybridized carbons (Fsp3) is 0.323. The van der Waals surface area contributed by atoms with Gasteiger partial charge in [-0.1, -0.05) is 23.7 Å². The lowest BCUT2D eigenvalue weighted by Gasteiger charge is -2.12. The summed E-state index contributed by atoms with van der Waals surface area (Å²) in [5.74, 6) is -11.8.